The molecule has 3 radical (unpaired) electrons. The number of hydrogen-bond acceptors (Lipinski definition) is 1. The van der Waals surface area contributed by atoms with Crippen LogP contribution < -0.4 is 0 Å². The summed E-state index contributed by atoms with van der Waals surface area (Å²) in [6.45, 7) is 2.17. The Balaban J connectivity index is 1.97. The van der Waals surface area contributed by atoms with Crippen LogP contribution in [-0.4, -0.2) is 26.9 Å². The van der Waals surface area contributed by atoms with Gasteiger partial charge in [-0.2, -0.15) is 0 Å². The Bertz CT molecular complexity index is 8.00. The van der Waals surface area contributed by atoms with E-state index in [0.29, 0.717) is 0 Å². The molecular formula is C2H5SSn. The molecule has 0 heterocycles. The van der Waals surface area contributed by atoms with E-state index in [-0.39, 0.29) is 0 Å². The van der Waals surface area contributed by atoms with E-state index in [1.54, 1.807) is 21.1 Å². The third-order valence-electron chi connectivity index (χ3n) is 0.144. The molecule has 0 aliphatic heterocycles. The van der Waals surface area contributed by atoms with Crippen LogP contribution in [0.25, 0.3) is 0 Å². The van der Waals surface area contributed by atoms with Gasteiger partial charge in [0.25, 0.3) is 0 Å². The fraction of sp³-hybridized carbons (Fsp3) is 1.00. The topological polar surface area (TPSA) is 0 Å². The van der Waals surface area contributed by atoms with Crippen LogP contribution in [0, 0.1) is 0 Å². The maximum absolute atomic E-state index is 2.17. The van der Waals surface area contributed by atoms with Gasteiger partial charge in [-0.15, -0.1) is 0 Å². The van der Waals surface area contributed by atoms with Gasteiger partial charge in [-0.1, -0.05) is 0 Å². The van der Waals surface area contributed by atoms with Crippen molar-refractivity contribution in [1.29, 1.82) is 0 Å². The summed E-state index contributed by atoms with van der Waals surface area (Å²) in [7, 11) is 1.95. The second-order valence-electron chi connectivity index (χ2n) is 0.433. The van der Waals surface area contributed by atoms with Crippen LogP contribution in [0.2, 0.25) is 0 Å². The Morgan fingerprint density at radius 3 is 2.25 bits per heavy atom. The van der Waals surface area contributed by atoms with Crippen molar-refractivity contribution in [3.8, 4) is 0 Å². The molecule has 0 nitrogen and oxygen atoms in total. The van der Waals surface area contributed by atoms with Gasteiger partial charge in [-0.25, -0.2) is 0 Å². The van der Waals surface area contributed by atoms with E-state index in [4.69, 9.17) is 0 Å². The molecule has 0 saturated heterocycles. The van der Waals surface area contributed by atoms with Crippen molar-refractivity contribution in [2.45, 2.75) is 6.92 Å². The summed E-state index contributed by atoms with van der Waals surface area (Å²) in [5.41, 5.74) is 0. The number of rotatable bonds is 1. The molecule has 0 aromatic rings. The molecule has 0 aromatic heterocycles. The van der Waals surface area contributed by atoms with Gasteiger partial charge in [0.15, 0.2) is 0 Å². The molecular weight excluding hydrogens is 175 g/mol. The molecule has 23 valence electrons. The van der Waals surface area contributed by atoms with Gasteiger partial charge in [0.05, 0.1) is 0 Å². The van der Waals surface area contributed by atoms with Crippen LogP contribution in [-0.2, 0) is 0 Å². The van der Waals surface area contributed by atoms with Crippen molar-refractivity contribution in [3.05, 3.63) is 0 Å². The Morgan fingerprint density at radius 1 is 2.00 bits per heavy atom. The molecule has 4 heavy (non-hydrogen) atoms. The van der Waals surface area contributed by atoms with E-state index in [0.717, 1.165) is 0 Å². The van der Waals surface area contributed by atoms with Crippen LogP contribution in [0.5, 0.6) is 0 Å². The van der Waals surface area contributed by atoms with E-state index >= 15 is 0 Å². The van der Waals surface area contributed by atoms with Crippen molar-refractivity contribution in [2.24, 2.45) is 0 Å². The quantitative estimate of drug-likeness (QED) is 0.538. The third kappa shape index (κ3) is 3.15. The molecule has 0 aromatic carbocycles. The first-order valence-corrected chi connectivity index (χ1v) is 5.68. The molecule has 0 spiro atoms. The van der Waals surface area contributed by atoms with E-state index in [1.165, 1.54) is 5.75 Å². The normalized spacial score (nSPS) is 7.50. The van der Waals surface area contributed by atoms with Crippen LogP contribution in [0.4, 0.5) is 0 Å². The van der Waals surface area contributed by atoms with Gasteiger partial charge in [0.1, 0.15) is 0 Å². The predicted molar refractivity (Wildman–Crippen MR) is 23.9 cm³/mol. The standard InChI is InChI=1S/C2H6S.Sn/c1-2-3;/h3H,2H2,1H3;/q;+1/p-1. The van der Waals surface area contributed by atoms with Crippen molar-refractivity contribution in [2.75, 3.05) is 5.75 Å². The van der Waals surface area contributed by atoms with Gasteiger partial charge < -0.3 is 0 Å². The summed E-state index contributed by atoms with van der Waals surface area (Å²) >= 11 is 1.58. The van der Waals surface area contributed by atoms with Gasteiger partial charge in [0, 0.05) is 0 Å². The third-order valence-corrected chi connectivity index (χ3v) is 2.90. The zero-order chi connectivity index (χ0) is 3.41. The summed E-state index contributed by atoms with van der Waals surface area (Å²) in [6, 6.07) is 0. The van der Waals surface area contributed by atoms with Crippen molar-refractivity contribution in [3.63, 3.8) is 0 Å². The monoisotopic (exact) mass is 181 g/mol. The van der Waals surface area contributed by atoms with Crippen LogP contribution in [0.15, 0.2) is 0 Å². The second-order valence-corrected chi connectivity index (χ2v) is 3.77. The molecule has 0 saturated carbocycles. The molecule has 0 rings (SSSR count). The Hall–Kier alpha value is 1.15. The SMILES string of the molecule is CC[S][Sn]. The van der Waals surface area contributed by atoms with Gasteiger partial charge >= 0.3 is 42.8 Å². The molecule has 0 unspecified atom stereocenters. The van der Waals surface area contributed by atoms with Gasteiger partial charge in [-0.05, 0) is 0 Å². The Morgan fingerprint density at radius 2 is 2.25 bits per heavy atom. The minimum atomic E-state index is 1.28. The van der Waals surface area contributed by atoms with Crippen LogP contribution in [0.1, 0.15) is 6.92 Å². The molecule has 2 heteroatoms. The van der Waals surface area contributed by atoms with E-state index < -0.39 is 0 Å². The fourth-order valence-electron chi connectivity index (χ4n) is 0. The average Bonchev–Trinajstić information content (AvgIpc) is 1.37. The molecule has 0 aliphatic rings. The summed E-state index contributed by atoms with van der Waals surface area (Å²) in [5, 5.41) is 0. The van der Waals surface area contributed by atoms with E-state index in [2.05, 4.69) is 6.92 Å². The fourth-order valence-corrected chi connectivity index (χ4v) is 0. The summed E-state index contributed by atoms with van der Waals surface area (Å²) in [6.07, 6.45) is 0. The van der Waals surface area contributed by atoms with Crippen molar-refractivity contribution >= 4 is 30.1 Å². The van der Waals surface area contributed by atoms with Gasteiger partial charge in [-0.3, -0.25) is 0 Å². The predicted octanol–water partition coefficient (Wildman–Crippen LogP) is 0.823. The molecule has 0 aliphatic carbocycles. The first-order chi connectivity index (χ1) is 1.91. The van der Waals surface area contributed by atoms with Crippen molar-refractivity contribution < 1.29 is 0 Å². The first-order valence-electron chi connectivity index (χ1n) is 1.20. The first kappa shape index (κ1) is 5.15. The van der Waals surface area contributed by atoms with Gasteiger partial charge in [0.2, 0.25) is 0 Å². The Kier molecular flexibility index (Phi) is 5.34. The molecule has 0 fully saturated rings. The zero-order valence-electron chi connectivity index (χ0n) is 2.62. The second kappa shape index (κ2) is 4.15. The molecule has 0 amide bonds. The summed E-state index contributed by atoms with van der Waals surface area (Å²) < 4.78 is 0. The summed E-state index contributed by atoms with van der Waals surface area (Å²) in [5.74, 6) is 1.28. The Labute approximate surface area is 42.9 Å². The minimum absolute atomic E-state index is 1.28. The molecule has 0 bridgehead atoms. The van der Waals surface area contributed by atoms with Crippen molar-refractivity contribution in [1.82, 2.24) is 0 Å². The van der Waals surface area contributed by atoms with Crippen LogP contribution in [0.3, 0.4) is 0 Å². The van der Waals surface area contributed by atoms with Crippen LogP contribution >= 0.6 is 8.95 Å². The van der Waals surface area contributed by atoms with E-state index in [1.807, 2.05) is 8.95 Å². The average molecular weight is 180 g/mol. The van der Waals surface area contributed by atoms with E-state index in [9.17, 15) is 0 Å². The summed E-state index contributed by atoms with van der Waals surface area (Å²) in [4.78, 5) is 0. The molecule has 0 atom stereocenters. The zero-order valence-corrected chi connectivity index (χ0v) is 6.29. The number of hydrogen-bond donors (Lipinski definition) is 0. The molecule has 0 N–H and O–H groups in total. The maximum atomic E-state index is 2.17.